The van der Waals surface area contributed by atoms with Gasteiger partial charge in [0.25, 0.3) is 0 Å². The van der Waals surface area contributed by atoms with Crippen LogP contribution in [0.25, 0.3) is 44.2 Å². The minimum absolute atomic E-state index is 0.222. The number of amides is 1. The highest BCUT2D eigenvalue weighted by atomic mass is 32.2. The van der Waals surface area contributed by atoms with Crippen LogP contribution in [0.5, 0.6) is 0 Å². The molecule has 0 aliphatic carbocycles. The topological polar surface area (TPSA) is 88.8 Å². The quantitative estimate of drug-likeness (QED) is 0.105. The van der Waals surface area contributed by atoms with Crippen LogP contribution in [0.3, 0.4) is 0 Å². The molecule has 1 unspecified atom stereocenters. The highest BCUT2D eigenvalue weighted by molar-refractivity contribution is 8.00. The molecule has 4 aromatic carbocycles. The molecular formula is C32H29NO5S. The molecule has 0 fully saturated rings. The largest absolute Gasteiger partial charge is 0.481 e. The molecule has 198 valence electrons. The molecule has 1 amide bonds. The predicted molar refractivity (Wildman–Crippen MR) is 156 cm³/mol. The molecule has 0 radical (unpaired) electrons. The number of rotatable bonds is 10. The van der Waals surface area contributed by atoms with E-state index in [0.717, 1.165) is 61.9 Å². The SMILES string of the molecule is CCCCOC(=O)NC(CC(=O)O)Sc1cccc(-c2ccc(-c3cccc4c3oc3ccccc34)cc2)c1. The van der Waals surface area contributed by atoms with Crippen LogP contribution >= 0.6 is 11.8 Å². The fourth-order valence-corrected chi connectivity index (χ4v) is 5.55. The van der Waals surface area contributed by atoms with Crippen molar-refractivity contribution in [2.45, 2.75) is 36.5 Å². The van der Waals surface area contributed by atoms with Gasteiger partial charge in [0.2, 0.25) is 0 Å². The highest BCUT2D eigenvalue weighted by Gasteiger charge is 2.19. The molecule has 1 aromatic heterocycles. The van der Waals surface area contributed by atoms with Gasteiger partial charge in [0.05, 0.1) is 18.4 Å². The van der Waals surface area contributed by atoms with Gasteiger partial charge in [0, 0.05) is 21.2 Å². The summed E-state index contributed by atoms with van der Waals surface area (Å²) in [6, 6.07) is 30.4. The lowest BCUT2D eigenvalue weighted by molar-refractivity contribution is -0.137. The average molecular weight is 540 g/mol. The predicted octanol–water partition coefficient (Wildman–Crippen LogP) is 8.34. The second-order valence-corrected chi connectivity index (χ2v) is 10.5. The van der Waals surface area contributed by atoms with Crippen LogP contribution in [-0.2, 0) is 9.53 Å². The van der Waals surface area contributed by atoms with E-state index in [1.54, 1.807) is 0 Å². The third kappa shape index (κ3) is 6.26. The number of carboxylic acid groups (broad SMARTS) is 1. The number of furan rings is 1. The summed E-state index contributed by atoms with van der Waals surface area (Å²) in [6.45, 7) is 2.31. The highest BCUT2D eigenvalue weighted by Crippen LogP contribution is 2.36. The minimum Gasteiger partial charge on any atom is -0.481 e. The third-order valence-electron chi connectivity index (χ3n) is 6.42. The molecule has 7 heteroatoms. The molecule has 0 spiro atoms. The Morgan fingerprint density at radius 1 is 0.897 bits per heavy atom. The van der Waals surface area contributed by atoms with Crippen molar-refractivity contribution < 1.29 is 23.8 Å². The first-order valence-corrected chi connectivity index (χ1v) is 13.8. The lowest BCUT2D eigenvalue weighted by Crippen LogP contribution is -2.34. The number of para-hydroxylation sites is 2. The first-order valence-electron chi connectivity index (χ1n) is 12.9. The summed E-state index contributed by atoms with van der Waals surface area (Å²) in [6.07, 6.45) is 0.843. The molecule has 0 saturated heterocycles. The summed E-state index contributed by atoms with van der Waals surface area (Å²) in [4.78, 5) is 24.4. The van der Waals surface area contributed by atoms with Crippen molar-refractivity contribution >= 4 is 45.8 Å². The van der Waals surface area contributed by atoms with Crippen molar-refractivity contribution in [3.63, 3.8) is 0 Å². The number of hydrogen-bond acceptors (Lipinski definition) is 5. The second kappa shape index (κ2) is 12.1. The number of aliphatic carboxylic acids is 1. The van der Waals surface area contributed by atoms with Crippen LogP contribution in [-0.4, -0.2) is 29.1 Å². The fourth-order valence-electron chi connectivity index (χ4n) is 4.49. The van der Waals surface area contributed by atoms with E-state index in [-0.39, 0.29) is 6.42 Å². The van der Waals surface area contributed by atoms with Gasteiger partial charge in [-0.2, -0.15) is 0 Å². The number of carbonyl (C=O) groups excluding carboxylic acids is 1. The molecule has 5 rings (SSSR count). The van der Waals surface area contributed by atoms with E-state index in [9.17, 15) is 14.7 Å². The van der Waals surface area contributed by atoms with Gasteiger partial charge in [-0.05, 0) is 41.3 Å². The summed E-state index contributed by atoms with van der Waals surface area (Å²) >= 11 is 1.29. The number of unbranched alkanes of at least 4 members (excludes halogenated alkanes) is 1. The van der Waals surface area contributed by atoms with E-state index in [4.69, 9.17) is 9.15 Å². The first kappa shape index (κ1) is 26.4. The van der Waals surface area contributed by atoms with Crippen LogP contribution in [0, 0.1) is 0 Å². The van der Waals surface area contributed by atoms with E-state index >= 15 is 0 Å². The number of fused-ring (bicyclic) bond motifs is 3. The molecule has 0 aliphatic heterocycles. The molecular weight excluding hydrogens is 510 g/mol. The zero-order valence-corrected chi connectivity index (χ0v) is 22.4. The number of benzene rings is 4. The standard InChI is InChI=1S/C32H29NO5S/c1-2-3-18-37-32(36)33-29(20-30(34)35)39-24-9-6-8-23(19-24)21-14-16-22(17-15-21)25-11-7-12-27-26-10-4-5-13-28(26)38-31(25)27/h4-17,19,29H,2-3,18,20H2,1H3,(H,33,36)(H,34,35). The van der Waals surface area contributed by atoms with Crippen molar-refractivity contribution in [1.29, 1.82) is 0 Å². The number of alkyl carbamates (subject to hydrolysis) is 1. The maximum atomic E-state index is 12.1. The molecule has 1 heterocycles. The zero-order valence-electron chi connectivity index (χ0n) is 21.6. The smallest absolute Gasteiger partial charge is 0.408 e. The van der Waals surface area contributed by atoms with Gasteiger partial charge >= 0.3 is 12.1 Å². The summed E-state index contributed by atoms with van der Waals surface area (Å²) in [5.74, 6) is -0.993. The van der Waals surface area contributed by atoms with Crippen molar-refractivity contribution in [3.8, 4) is 22.3 Å². The first-order chi connectivity index (χ1) is 19.0. The number of hydrogen-bond donors (Lipinski definition) is 2. The summed E-state index contributed by atoms with van der Waals surface area (Å²) in [7, 11) is 0. The molecule has 2 N–H and O–H groups in total. The Balaban J connectivity index is 1.35. The van der Waals surface area contributed by atoms with Crippen LogP contribution in [0.15, 0.2) is 100 Å². The Labute approximate surface area is 231 Å². The van der Waals surface area contributed by atoms with E-state index in [1.165, 1.54) is 11.8 Å². The van der Waals surface area contributed by atoms with Crippen LogP contribution in [0.2, 0.25) is 0 Å². The summed E-state index contributed by atoms with van der Waals surface area (Å²) in [5, 5.41) is 13.6. The second-order valence-electron chi connectivity index (χ2n) is 9.22. The third-order valence-corrected chi connectivity index (χ3v) is 7.51. The summed E-state index contributed by atoms with van der Waals surface area (Å²) < 4.78 is 11.4. The van der Waals surface area contributed by atoms with Crippen molar-refractivity contribution in [1.82, 2.24) is 5.32 Å². The molecule has 6 nitrogen and oxygen atoms in total. The van der Waals surface area contributed by atoms with Gasteiger partial charge in [0.1, 0.15) is 11.2 Å². The lowest BCUT2D eigenvalue weighted by atomic mass is 9.99. The van der Waals surface area contributed by atoms with Gasteiger partial charge in [-0.3, -0.25) is 4.79 Å². The van der Waals surface area contributed by atoms with E-state index in [1.807, 2.05) is 49.4 Å². The Morgan fingerprint density at radius 3 is 2.44 bits per heavy atom. The van der Waals surface area contributed by atoms with Gasteiger partial charge in [-0.15, -0.1) is 11.8 Å². The van der Waals surface area contributed by atoms with E-state index < -0.39 is 17.4 Å². The maximum absolute atomic E-state index is 12.1. The minimum atomic E-state index is -0.993. The van der Waals surface area contributed by atoms with Crippen molar-refractivity contribution in [2.24, 2.45) is 0 Å². The van der Waals surface area contributed by atoms with Crippen LogP contribution in [0.4, 0.5) is 4.79 Å². The zero-order chi connectivity index (χ0) is 27.2. The summed E-state index contributed by atoms with van der Waals surface area (Å²) in [5.41, 5.74) is 5.85. The Kier molecular flexibility index (Phi) is 8.18. The normalized spacial score (nSPS) is 11.9. The number of thioether (sulfide) groups is 1. The Bertz CT molecular complexity index is 1610. The Morgan fingerprint density at radius 2 is 1.64 bits per heavy atom. The number of carboxylic acids is 1. The monoisotopic (exact) mass is 539 g/mol. The molecule has 0 bridgehead atoms. The van der Waals surface area contributed by atoms with Crippen molar-refractivity contribution in [3.05, 3.63) is 91.0 Å². The molecule has 0 aliphatic rings. The number of nitrogens with one attached hydrogen (secondary N) is 1. The van der Waals surface area contributed by atoms with E-state index in [0.29, 0.717) is 6.61 Å². The molecule has 39 heavy (non-hydrogen) atoms. The maximum Gasteiger partial charge on any atom is 0.408 e. The van der Waals surface area contributed by atoms with Crippen LogP contribution < -0.4 is 5.32 Å². The van der Waals surface area contributed by atoms with Gasteiger partial charge in [-0.1, -0.05) is 86.1 Å². The molecule has 5 aromatic rings. The molecule has 0 saturated carbocycles. The Hall–Kier alpha value is -4.23. The lowest BCUT2D eigenvalue weighted by Gasteiger charge is -2.17. The van der Waals surface area contributed by atoms with Crippen LogP contribution in [0.1, 0.15) is 26.2 Å². The van der Waals surface area contributed by atoms with Gasteiger partial charge in [-0.25, -0.2) is 4.79 Å². The van der Waals surface area contributed by atoms with E-state index in [2.05, 4.69) is 53.8 Å². The fraction of sp³-hybridized carbons (Fsp3) is 0.188. The van der Waals surface area contributed by atoms with Crippen molar-refractivity contribution in [2.75, 3.05) is 6.61 Å². The number of ether oxygens (including phenoxy) is 1. The number of carbonyl (C=O) groups is 2. The molecule has 1 atom stereocenters. The van der Waals surface area contributed by atoms with Gasteiger partial charge < -0.3 is 19.6 Å². The van der Waals surface area contributed by atoms with Gasteiger partial charge in [0.15, 0.2) is 0 Å². The average Bonchev–Trinajstić information content (AvgIpc) is 3.32.